The fraction of sp³-hybridized carbons (Fsp3) is 0.842. The third-order valence-electron chi connectivity index (χ3n) is 5.56. The zero-order valence-corrected chi connectivity index (χ0v) is 16.6. The second-order valence-electron chi connectivity index (χ2n) is 7.68. The molecule has 3 rings (SSSR count). The predicted molar refractivity (Wildman–Crippen MR) is 103 cm³/mol. The predicted octanol–water partition coefficient (Wildman–Crippen LogP) is 1.78. The number of amides is 2. The number of carbonyl (C=O) groups excluding carboxylic acids is 3. The van der Waals surface area contributed by atoms with Crippen LogP contribution in [0.15, 0.2) is 0 Å². The molecule has 0 aromatic heterocycles. The van der Waals surface area contributed by atoms with Gasteiger partial charge in [0.15, 0.2) is 0 Å². The molecule has 0 radical (unpaired) electrons. The van der Waals surface area contributed by atoms with E-state index in [0.29, 0.717) is 18.5 Å². The van der Waals surface area contributed by atoms with Crippen LogP contribution in [0.25, 0.3) is 0 Å². The molecule has 26 heavy (non-hydrogen) atoms. The summed E-state index contributed by atoms with van der Waals surface area (Å²) in [6.07, 6.45) is 6.60. The van der Waals surface area contributed by atoms with Crippen LogP contribution in [-0.2, 0) is 14.4 Å². The molecule has 0 bridgehead atoms. The summed E-state index contributed by atoms with van der Waals surface area (Å²) in [5.41, 5.74) is 0. The van der Waals surface area contributed by atoms with Gasteiger partial charge in [-0.2, -0.15) is 0 Å². The minimum absolute atomic E-state index is 0.0446. The van der Waals surface area contributed by atoms with E-state index in [4.69, 9.17) is 0 Å². The first-order valence-electron chi connectivity index (χ1n) is 10.1. The third-order valence-corrected chi connectivity index (χ3v) is 6.56. The highest BCUT2D eigenvalue weighted by Gasteiger charge is 2.38. The molecule has 2 heterocycles. The summed E-state index contributed by atoms with van der Waals surface area (Å²) in [5.74, 6) is 0.714. The molecule has 1 atom stereocenters. The minimum atomic E-state index is -0.356. The van der Waals surface area contributed by atoms with Gasteiger partial charge >= 0.3 is 0 Å². The van der Waals surface area contributed by atoms with Gasteiger partial charge in [0.2, 0.25) is 16.9 Å². The van der Waals surface area contributed by atoms with Crippen LogP contribution >= 0.6 is 11.8 Å². The fourth-order valence-electron chi connectivity index (χ4n) is 4.04. The normalized spacial score (nSPS) is 24.7. The molecule has 7 heteroatoms. The Morgan fingerprint density at radius 3 is 2.38 bits per heavy atom. The Kier molecular flexibility index (Phi) is 6.98. The molecule has 2 aliphatic heterocycles. The molecular formula is C19H31N3O3S. The van der Waals surface area contributed by atoms with Crippen LogP contribution in [0, 0.1) is 0 Å². The van der Waals surface area contributed by atoms with Crippen molar-refractivity contribution in [3.8, 4) is 0 Å². The standard InChI is InChI=1S/C19H31N3O3S/c1-2-10-21-11-7-15(8-12-21)22(14-3-4-14)18(24)6-5-17(23)20-16-9-13-26-19(16)25/h14-16H,2-13H2,1H3,(H,20,23). The van der Waals surface area contributed by atoms with Crippen LogP contribution < -0.4 is 5.32 Å². The Morgan fingerprint density at radius 2 is 1.81 bits per heavy atom. The maximum Gasteiger partial charge on any atom is 0.223 e. The average Bonchev–Trinajstić information content (AvgIpc) is 3.38. The lowest BCUT2D eigenvalue weighted by molar-refractivity contribution is -0.137. The van der Waals surface area contributed by atoms with Crippen LogP contribution in [0.5, 0.6) is 0 Å². The highest BCUT2D eigenvalue weighted by atomic mass is 32.2. The Labute approximate surface area is 160 Å². The van der Waals surface area contributed by atoms with Crippen LogP contribution in [0.2, 0.25) is 0 Å². The van der Waals surface area contributed by atoms with Gasteiger partial charge in [-0.05, 0) is 45.1 Å². The van der Waals surface area contributed by atoms with E-state index in [1.54, 1.807) is 0 Å². The van der Waals surface area contributed by atoms with E-state index in [0.717, 1.165) is 51.1 Å². The SMILES string of the molecule is CCCN1CCC(N(C(=O)CCC(=O)NC2CCSC2=O)C2CC2)CC1. The van der Waals surface area contributed by atoms with Crippen LogP contribution in [0.1, 0.15) is 58.3 Å². The zero-order valence-electron chi connectivity index (χ0n) is 15.7. The number of thioether (sulfide) groups is 1. The topological polar surface area (TPSA) is 69.7 Å². The molecule has 1 saturated carbocycles. The first kappa shape index (κ1) is 19.7. The van der Waals surface area contributed by atoms with E-state index >= 15 is 0 Å². The summed E-state index contributed by atoms with van der Waals surface area (Å²) < 4.78 is 0. The molecule has 1 N–H and O–H groups in total. The molecule has 0 aromatic carbocycles. The molecule has 1 unspecified atom stereocenters. The van der Waals surface area contributed by atoms with Crippen molar-refractivity contribution in [2.24, 2.45) is 0 Å². The minimum Gasteiger partial charge on any atom is -0.345 e. The van der Waals surface area contributed by atoms with Crippen molar-refractivity contribution >= 4 is 28.7 Å². The smallest absolute Gasteiger partial charge is 0.223 e. The van der Waals surface area contributed by atoms with Crippen molar-refractivity contribution in [3.63, 3.8) is 0 Å². The second-order valence-corrected chi connectivity index (χ2v) is 8.78. The highest BCUT2D eigenvalue weighted by molar-refractivity contribution is 8.14. The Hall–Kier alpha value is -1.08. The molecule has 0 spiro atoms. The number of piperidine rings is 1. The first-order chi connectivity index (χ1) is 12.6. The molecule has 0 aromatic rings. The lowest BCUT2D eigenvalue weighted by atomic mass is 10.0. The van der Waals surface area contributed by atoms with Gasteiger partial charge in [-0.1, -0.05) is 18.7 Å². The Bertz CT molecular complexity index is 530. The third kappa shape index (κ3) is 5.22. The van der Waals surface area contributed by atoms with Gasteiger partial charge in [0.25, 0.3) is 0 Å². The van der Waals surface area contributed by atoms with Crippen molar-refractivity contribution in [2.75, 3.05) is 25.4 Å². The van der Waals surface area contributed by atoms with Crippen molar-refractivity contribution in [3.05, 3.63) is 0 Å². The lowest BCUT2D eigenvalue weighted by Gasteiger charge is -2.39. The maximum absolute atomic E-state index is 12.8. The quantitative estimate of drug-likeness (QED) is 0.694. The van der Waals surface area contributed by atoms with E-state index in [1.807, 2.05) is 0 Å². The van der Waals surface area contributed by atoms with Crippen molar-refractivity contribution in [1.82, 2.24) is 15.1 Å². The summed E-state index contributed by atoms with van der Waals surface area (Å²) in [6, 6.07) is 0.366. The van der Waals surface area contributed by atoms with Crippen molar-refractivity contribution in [1.29, 1.82) is 0 Å². The number of hydrogen-bond acceptors (Lipinski definition) is 5. The van der Waals surface area contributed by atoms with Gasteiger partial charge in [0.1, 0.15) is 0 Å². The highest BCUT2D eigenvalue weighted by Crippen LogP contribution is 2.32. The van der Waals surface area contributed by atoms with E-state index in [2.05, 4.69) is 22.0 Å². The van der Waals surface area contributed by atoms with Gasteiger partial charge in [-0.15, -0.1) is 0 Å². The summed E-state index contributed by atoms with van der Waals surface area (Å²) in [6.45, 7) is 5.48. The maximum atomic E-state index is 12.8. The molecular weight excluding hydrogens is 350 g/mol. The molecule has 2 amide bonds. The largest absolute Gasteiger partial charge is 0.345 e. The number of nitrogens with one attached hydrogen (secondary N) is 1. The molecule has 1 aliphatic carbocycles. The molecule has 146 valence electrons. The molecule has 6 nitrogen and oxygen atoms in total. The van der Waals surface area contributed by atoms with Crippen molar-refractivity contribution < 1.29 is 14.4 Å². The van der Waals surface area contributed by atoms with Crippen LogP contribution in [-0.4, -0.2) is 70.2 Å². The van der Waals surface area contributed by atoms with Gasteiger partial charge in [0, 0.05) is 43.8 Å². The number of hydrogen-bond donors (Lipinski definition) is 1. The number of likely N-dealkylation sites (tertiary alicyclic amines) is 1. The average molecular weight is 382 g/mol. The Morgan fingerprint density at radius 1 is 1.12 bits per heavy atom. The molecule has 2 saturated heterocycles. The van der Waals surface area contributed by atoms with Gasteiger partial charge in [-0.25, -0.2) is 0 Å². The van der Waals surface area contributed by atoms with Crippen LogP contribution in [0.4, 0.5) is 0 Å². The van der Waals surface area contributed by atoms with E-state index in [9.17, 15) is 14.4 Å². The van der Waals surface area contributed by atoms with E-state index in [-0.39, 0.29) is 35.8 Å². The molecule has 3 aliphatic rings. The number of nitrogens with zero attached hydrogens (tertiary/aromatic N) is 2. The van der Waals surface area contributed by atoms with Crippen LogP contribution in [0.3, 0.4) is 0 Å². The van der Waals surface area contributed by atoms with E-state index in [1.165, 1.54) is 18.2 Å². The van der Waals surface area contributed by atoms with Gasteiger partial charge in [0.05, 0.1) is 6.04 Å². The van der Waals surface area contributed by atoms with E-state index < -0.39 is 0 Å². The fourth-order valence-corrected chi connectivity index (χ4v) is 4.97. The second kappa shape index (κ2) is 9.22. The van der Waals surface area contributed by atoms with Gasteiger partial charge in [-0.3, -0.25) is 14.4 Å². The summed E-state index contributed by atoms with van der Waals surface area (Å²) in [7, 11) is 0. The van der Waals surface area contributed by atoms with Crippen molar-refractivity contribution in [2.45, 2.75) is 76.4 Å². The summed E-state index contributed by atoms with van der Waals surface area (Å²) >= 11 is 1.28. The Balaban J connectivity index is 1.45. The summed E-state index contributed by atoms with van der Waals surface area (Å²) in [4.78, 5) is 41.1. The van der Waals surface area contributed by atoms with Gasteiger partial charge < -0.3 is 15.1 Å². The first-order valence-corrected chi connectivity index (χ1v) is 11.1. The lowest BCUT2D eigenvalue weighted by Crippen LogP contribution is -2.48. The monoisotopic (exact) mass is 381 g/mol. The zero-order chi connectivity index (χ0) is 18.5. The number of rotatable bonds is 8. The number of carbonyl (C=O) groups is 3. The summed E-state index contributed by atoms with van der Waals surface area (Å²) in [5, 5.41) is 2.82. The molecule has 3 fully saturated rings.